The van der Waals surface area contributed by atoms with Gasteiger partial charge in [0.2, 0.25) is 0 Å². The maximum absolute atomic E-state index is 8.80. The minimum absolute atomic E-state index is 0.0490. The van der Waals surface area contributed by atoms with Crippen molar-refractivity contribution in [1.82, 2.24) is 5.32 Å². The molecule has 1 unspecified atom stereocenters. The SMILES string of the molecule is COc1ccc(CNCC2CCOC2)cc1C(N)=NO. The number of hydrogen-bond acceptors (Lipinski definition) is 5. The Morgan fingerprint density at radius 2 is 2.45 bits per heavy atom. The summed E-state index contributed by atoms with van der Waals surface area (Å²) in [5.41, 5.74) is 7.31. The smallest absolute Gasteiger partial charge is 0.173 e. The van der Waals surface area contributed by atoms with E-state index in [0.717, 1.165) is 38.3 Å². The van der Waals surface area contributed by atoms with Gasteiger partial charge in [0, 0.05) is 19.7 Å². The number of nitrogens with two attached hydrogens (primary N) is 1. The fourth-order valence-electron chi connectivity index (χ4n) is 2.28. The third-order valence-electron chi connectivity index (χ3n) is 3.43. The number of hydrogen-bond donors (Lipinski definition) is 3. The van der Waals surface area contributed by atoms with Crippen LogP contribution in [-0.2, 0) is 11.3 Å². The van der Waals surface area contributed by atoms with Crippen molar-refractivity contribution in [1.29, 1.82) is 0 Å². The first-order chi connectivity index (χ1) is 9.74. The van der Waals surface area contributed by atoms with Gasteiger partial charge in [0.25, 0.3) is 0 Å². The zero-order valence-electron chi connectivity index (χ0n) is 11.6. The summed E-state index contributed by atoms with van der Waals surface area (Å²) in [4.78, 5) is 0. The first-order valence-electron chi connectivity index (χ1n) is 6.68. The molecule has 1 heterocycles. The van der Waals surface area contributed by atoms with Crippen molar-refractivity contribution in [3.05, 3.63) is 29.3 Å². The van der Waals surface area contributed by atoms with Crippen molar-refractivity contribution in [2.45, 2.75) is 13.0 Å². The number of amidine groups is 1. The Kier molecular flexibility index (Phi) is 5.20. The second kappa shape index (κ2) is 7.12. The molecule has 110 valence electrons. The molecular weight excluding hydrogens is 258 g/mol. The van der Waals surface area contributed by atoms with Crippen molar-refractivity contribution in [2.24, 2.45) is 16.8 Å². The molecule has 2 rings (SSSR count). The number of rotatable bonds is 6. The summed E-state index contributed by atoms with van der Waals surface area (Å²) in [6.45, 7) is 3.37. The van der Waals surface area contributed by atoms with Gasteiger partial charge in [-0.3, -0.25) is 0 Å². The van der Waals surface area contributed by atoms with Gasteiger partial charge in [-0.2, -0.15) is 0 Å². The normalized spacial score (nSPS) is 19.2. The Bertz CT molecular complexity index is 471. The Labute approximate surface area is 118 Å². The van der Waals surface area contributed by atoms with Crippen molar-refractivity contribution in [2.75, 3.05) is 26.9 Å². The Balaban J connectivity index is 1.97. The molecule has 1 aliphatic heterocycles. The molecule has 0 bridgehead atoms. The number of nitrogens with zero attached hydrogens (tertiary/aromatic N) is 1. The average molecular weight is 279 g/mol. The highest BCUT2D eigenvalue weighted by Crippen LogP contribution is 2.20. The molecule has 0 aromatic heterocycles. The number of ether oxygens (including phenoxy) is 2. The van der Waals surface area contributed by atoms with E-state index in [1.54, 1.807) is 7.11 Å². The molecule has 1 aliphatic rings. The molecule has 1 saturated heterocycles. The van der Waals surface area contributed by atoms with E-state index in [0.29, 0.717) is 17.2 Å². The van der Waals surface area contributed by atoms with Gasteiger partial charge in [-0.15, -0.1) is 0 Å². The highest BCUT2D eigenvalue weighted by Gasteiger charge is 2.15. The minimum atomic E-state index is 0.0490. The van der Waals surface area contributed by atoms with Crippen molar-refractivity contribution >= 4 is 5.84 Å². The van der Waals surface area contributed by atoms with E-state index in [2.05, 4.69) is 10.5 Å². The fraction of sp³-hybridized carbons (Fsp3) is 0.500. The van der Waals surface area contributed by atoms with Crippen LogP contribution in [0.15, 0.2) is 23.4 Å². The Morgan fingerprint density at radius 1 is 1.60 bits per heavy atom. The average Bonchev–Trinajstić information content (AvgIpc) is 2.99. The third-order valence-corrected chi connectivity index (χ3v) is 3.43. The zero-order valence-corrected chi connectivity index (χ0v) is 11.6. The maximum atomic E-state index is 8.80. The summed E-state index contributed by atoms with van der Waals surface area (Å²) in [6.07, 6.45) is 1.12. The molecule has 6 nitrogen and oxygen atoms in total. The maximum Gasteiger partial charge on any atom is 0.173 e. The molecule has 6 heteroatoms. The van der Waals surface area contributed by atoms with Gasteiger partial charge in [0.1, 0.15) is 5.75 Å². The van der Waals surface area contributed by atoms with Crippen LogP contribution in [0.25, 0.3) is 0 Å². The van der Waals surface area contributed by atoms with Gasteiger partial charge >= 0.3 is 0 Å². The first kappa shape index (κ1) is 14.6. The topological polar surface area (TPSA) is 89.1 Å². The van der Waals surface area contributed by atoms with Crippen LogP contribution in [0, 0.1) is 5.92 Å². The molecule has 0 amide bonds. The van der Waals surface area contributed by atoms with Crippen LogP contribution < -0.4 is 15.8 Å². The summed E-state index contributed by atoms with van der Waals surface area (Å²) in [5, 5.41) is 15.2. The van der Waals surface area contributed by atoms with Crippen LogP contribution >= 0.6 is 0 Å². The number of methoxy groups -OCH3 is 1. The highest BCUT2D eigenvalue weighted by molar-refractivity contribution is 5.99. The van der Waals surface area contributed by atoms with Crippen LogP contribution in [0.2, 0.25) is 0 Å². The second-order valence-corrected chi connectivity index (χ2v) is 4.88. The molecule has 1 aromatic rings. The lowest BCUT2D eigenvalue weighted by Crippen LogP contribution is -2.23. The van der Waals surface area contributed by atoms with E-state index in [1.807, 2.05) is 18.2 Å². The largest absolute Gasteiger partial charge is 0.496 e. The van der Waals surface area contributed by atoms with Crippen molar-refractivity contribution in [3.63, 3.8) is 0 Å². The monoisotopic (exact) mass is 279 g/mol. The van der Waals surface area contributed by atoms with E-state index in [4.69, 9.17) is 20.4 Å². The third kappa shape index (κ3) is 3.61. The summed E-state index contributed by atoms with van der Waals surface area (Å²) < 4.78 is 10.5. The number of oxime groups is 1. The predicted molar refractivity (Wildman–Crippen MR) is 76.1 cm³/mol. The minimum Gasteiger partial charge on any atom is -0.496 e. The van der Waals surface area contributed by atoms with E-state index >= 15 is 0 Å². The van der Waals surface area contributed by atoms with E-state index in [9.17, 15) is 0 Å². The van der Waals surface area contributed by atoms with Gasteiger partial charge in [-0.25, -0.2) is 0 Å². The molecule has 1 atom stereocenters. The first-order valence-corrected chi connectivity index (χ1v) is 6.68. The van der Waals surface area contributed by atoms with E-state index in [1.165, 1.54) is 0 Å². The standard InChI is InChI=1S/C14H21N3O3/c1-19-13-3-2-10(6-12(13)14(15)17-18)7-16-8-11-4-5-20-9-11/h2-3,6,11,16,18H,4-5,7-9H2,1H3,(H2,15,17). The van der Waals surface area contributed by atoms with Gasteiger partial charge in [-0.05, 0) is 30.0 Å². The number of nitrogens with one attached hydrogen (secondary N) is 1. The molecule has 0 aliphatic carbocycles. The summed E-state index contributed by atoms with van der Waals surface area (Å²) >= 11 is 0. The Hall–Kier alpha value is -1.79. The van der Waals surface area contributed by atoms with Gasteiger partial charge in [0.15, 0.2) is 5.84 Å². The van der Waals surface area contributed by atoms with Gasteiger partial charge in [-0.1, -0.05) is 11.2 Å². The van der Waals surface area contributed by atoms with Crippen LogP contribution in [-0.4, -0.2) is 37.9 Å². The molecule has 0 radical (unpaired) electrons. The molecular formula is C14H21N3O3. The quantitative estimate of drug-likeness (QED) is 0.312. The highest BCUT2D eigenvalue weighted by atomic mass is 16.5. The lowest BCUT2D eigenvalue weighted by molar-refractivity contribution is 0.185. The molecule has 0 saturated carbocycles. The van der Waals surface area contributed by atoms with Crippen LogP contribution in [0.1, 0.15) is 17.5 Å². The van der Waals surface area contributed by atoms with Crippen molar-refractivity contribution in [3.8, 4) is 5.75 Å². The molecule has 20 heavy (non-hydrogen) atoms. The van der Waals surface area contributed by atoms with Gasteiger partial charge in [0.05, 0.1) is 19.3 Å². The van der Waals surface area contributed by atoms with Crippen molar-refractivity contribution < 1.29 is 14.7 Å². The summed E-state index contributed by atoms with van der Waals surface area (Å²) in [5.74, 6) is 1.23. The zero-order chi connectivity index (χ0) is 14.4. The second-order valence-electron chi connectivity index (χ2n) is 4.88. The van der Waals surface area contributed by atoms with E-state index < -0.39 is 0 Å². The van der Waals surface area contributed by atoms with Crippen LogP contribution in [0.4, 0.5) is 0 Å². The lowest BCUT2D eigenvalue weighted by atomic mass is 10.1. The molecule has 4 N–H and O–H groups in total. The van der Waals surface area contributed by atoms with Crippen LogP contribution in [0.3, 0.4) is 0 Å². The number of benzene rings is 1. The Morgan fingerprint density at radius 3 is 3.10 bits per heavy atom. The lowest BCUT2D eigenvalue weighted by Gasteiger charge is -2.12. The molecule has 1 aromatic carbocycles. The van der Waals surface area contributed by atoms with Gasteiger partial charge < -0.3 is 25.7 Å². The summed E-state index contributed by atoms with van der Waals surface area (Å²) in [6, 6.07) is 5.65. The summed E-state index contributed by atoms with van der Waals surface area (Å²) in [7, 11) is 1.56. The fourth-order valence-corrected chi connectivity index (χ4v) is 2.28. The predicted octanol–water partition coefficient (Wildman–Crippen LogP) is 0.916. The molecule has 1 fully saturated rings. The van der Waals surface area contributed by atoms with Crippen LogP contribution in [0.5, 0.6) is 5.75 Å². The molecule has 0 spiro atoms. The van der Waals surface area contributed by atoms with E-state index in [-0.39, 0.29) is 5.84 Å².